The summed E-state index contributed by atoms with van der Waals surface area (Å²) in [6.45, 7) is 9.83. The molecular formula is C20H27N3O3S. The Balaban J connectivity index is 1.90. The first-order chi connectivity index (χ1) is 13.0. The third-order valence-corrected chi connectivity index (χ3v) is 5.56. The number of amides is 1. The van der Waals surface area contributed by atoms with Gasteiger partial charge >= 0.3 is 0 Å². The lowest BCUT2D eigenvalue weighted by molar-refractivity contribution is -0.384. The molecule has 0 spiro atoms. The van der Waals surface area contributed by atoms with Gasteiger partial charge < -0.3 is 5.32 Å². The van der Waals surface area contributed by atoms with Gasteiger partial charge in [-0.25, -0.2) is 0 Å². The molecule has 146 valence electrons. The monoisotopic (exact) mass is 389 g/mol. The summed E-state index contributed by atoms with van der Waals surface area (Å²) < 4.78 is 0. The van der Waals surface area contributed by atoms with Crippen molar-refractivity contribution < 1.29 is 9.72 Å². The summed E-state index contributed by atoms with van der Waals surface area (Å²) in [5, 5.41) is 13.9. The van der Waals surface area contributed by atoms with E-state index in [1.54, 1.807) is 0 Å². The second kappa shape index (κ2) is 10.3. The Morgan fingerprint density at radius 2 is 1.89 bits per heavy atom. The van der Waals surface area contributed by atoms with Gasteiger partial charge in [-0.05, 0) is 37.3 Å². The Bertz CT molecular complexity index is 668. The number of carbonyl (C=O) groups is 1. The van der Waals surface area contributed by atoms with Crippen LogP contribution in [0.25, 0.3) is 0 Å². The highest BCUT2D eigenvalue weighted by atomic mass is 32.1. The van der Waals surface area contributed by atoms with Crippen LogP contribution in [-0.2, 0) is 0 Å². The maximum Gasteiger partial charge on any atom is 0.269 e. The molecule has 0 saturated heterocycles. The molecule has 3 atom stereocenters. The summed E-state index contributed by atoms with van der Waals surface area (Å²) >= 11 is 4.76. The van der Waals surface area contributed by atoms with Gasteiger partial charge in [0.15, 0.2) is 0 Å². The molecule has 1 aliphatic carbocycles. The van der Waals surface area contributed by atoms with Gasteiger partial charge in [0, 0.05) is 48.6 Å². The predicted molar refractivity (Wildman–Crippen MR) is 111 cm³/mol. The quantitative estimate of drug-likeness (QED) is 0.278. The number of nitrogens with zero attached hydrogens (tertiary/aromatic N) is 2. The van der Waals surface area contributed by atoms with Crippen LogP contribution in [0.2, 0.25) is 0 Å². The second-order valence-electron chi connectivity index (χ2n) is 6.78. The van der Waals surface area contributed by atoms with Crippen LogP contribution in [0.5, 0.6) is 0 Å². The zero-order chi connectivity index (χ0) is 19.8. The average Bonchev–Trinajstić information content (AvgIpc) is 3.02. The van der Waals surface area contributed by atoms with Crippen molar-refractivity contribution in [2.75, 3.05) is 19.6 Å². The molecule has 0 aliphatic heterocycles. The molecule has 1 amide bonds. The number of hydrogen-bond donors (Lipinski definition) is 2. The summed E-state index contributed by atoms with van der Waals surface area (Å²) in [6, 6.07) is 5.98. The highest BCUT2D eigenvalue weighted by Gasteiger charge is 2.37. The van der Waals surface area contributed by atoms with Gasteiger partial charge in [0.2, 0.25) is 0 Å². The molecule has 0 radical (unpaired) electrons. The van der Waals surface area contributed by atoms with Gasteiger partial charge in [-0.3, -0.25) is 19.8 Å². The number of carbonyl (C=O) groups excluding carboxylic acids is 1. The number of thiol groups is 1. The lowest BCUT2D eigenvalue weighted by atomic mass is 9.97. The molecule has 27 heavy (non-hydrogen) atoms. The molecule has 1 aromatic carbocycles. The Morgan fingerprint density at radius 3 is 2.44 bits per heavy atom. The van der Waals surface area contributed by atoms with Crippen molar-refractivity contribution in [3.05, 3.63) is 65.3 Å². The maximum absolute atomic E-state index is 12.3. The molecule has 0 aromatic heterocycles. The fraction of sp³-hybridized carbons (Fsp3) is 0.450. The molecule has 1 saturated carbocycles. The number of non-ortho nitro benzene ring substituents is 1. The van der Waals surface area contributed by atoms with Crippen molar-refractivity contribution in [2.45, 2.75) is 30.6 Å². The van der Waals surface area contributed by atoms with Crippen LogP contribution < -0.4 is 5.32 Å². The van der Waals surface area contributed by atoms with E-state index in [2.05, 4.69) is 23.4 Å². The predicted octanol–water partition coefficient (Wildman–Crippen LogP) is 3.47. The first-order valence-corrected chi connectivity index (χ1v) is 9.66. The molecule has 0 bridgehead atoms. The highest BCUT2D eigenvalue weighted by molar-refractivity contribution is 7.81. The SMILES string of the molecule is C=CCN(CC=C)C1C(S)CCC1CCNC(=O)c1ccc([N+](=O)[O-])cc1. The Morgan fingerprint density at radius 1 is 1.26 bits per heavy atom. The molecule has 1 aromatic rings. The molecular weight excluding hydrogens is 362 g/mol. The van der Waals surface area contributed by atoms with E-state index < -0.39 is 4.92 Å². The topological polar surface area (TPSA) is 75.5 Å². The van der Waals surface area contributed by atoms with Crippen LogP contribution in [0.4, 0.5) is 5.69 Å². The smallest absolute Gasteiger partial charge is 0.269 e. The Kier molecular flexibility index (Phi) is 8.06. The lowest BCUT2D eigenvalue weighted by Crippen LogP contribution is -2.43. The largest absolute Gasteiger partial charge is 0.352 e. The molecule has 1 fully saturated rings. The number of hydrogen-bond acceptors (Lipinski definition) is 5. The van der Waals surface area contributed by atoms with Crippen molar-refractivity contribution in [1.82, 2.24) is 10.2 Å². The van der Waals surface area contributed by atoms with Crippen LogP contribution >= 0.6 is 12.6 Å². The summed E-state index contributed by atoms with van der Waals surface area (Å²) in [5.74, 6) is 0.237. The first kappa shape index (κ1) is 21.2. The van der Waals surface area contributed by atoms with Gasteiger partial charge in [0.05, 0.1) is 4.92 Å². The third-order valence-electron chi connectivity index (χ3n) is 5.00. The average molecular weight is 390 g/mol. The molecule has 7 heteroatoms. The minimum Gasteiger partial charge on any atom is -0.352 e. The van der Waals surface area contributed by atoms with Crippen LogP contribution in [0.15, 0.2) is 49.6 Å². The van der Waals surface area contributed by atoms with Crippen LogP contribution in [0, 0.1) is 16.0 Å². The van der Waals surface area contributed by atoms with Crippen LogP contribution in [0.3, 0.4) is 0 Å². The summed E-state index contributed by atoms with van der Waals surface area (Å²) in [5.41, 5.74) is 0.403. The summed E-state index contributed by atoms with van der Waals surface area (Å²) in [7, 11) is 0. The van der Waals surface area contributed by atoms with Crippen molar-refractivity contribution in [2.24, 2.45) is 5.92 Å². The first-order valence-electron chi connectivity index (χ1n) is 9.14. The molecule has 6 nitrogen and oxygen atoms in total. The zero-order valence-electron chi connectivity index (χ0n) is 15.4. The van der Waals surface area contributed by atoms with E-state index in [4.69, 9.17) is 12.6 Å². The highest BCUT2D eigenvalue weighted by Crippen LogP contribution is 2.35. The molecule has 0 heterocycles. The van der Waals surface area contributed by atoms with Crippen molar-refractivity contribution in [3.8, 4) is 0 Å². The van der Waals surface area contributed by atoms with Gasteiger partial charge in [0.1, 0.15) is 0 Å². The number of nitro benzene ring substituents is 1. The van der Waals surface area contributed by atoms with E-state index >= 15 is 0 Å². The van der Waals surface area contributed by atoms with E-state index in [0.717, 1.165) is 32.4 Å². The van der Waals surface area contributed by atoms with Crippen molar-refractivity contribution in [3.63, 3.8) is 0 Å². The van der Waals surface area contributed by atoms with Gasteiger partial charge in [-0.1, -0.05) is 12.2 Å². The van der Waals surface area contributed by atoms with Gasteiger partial charge in [-0.15, -0.1) is 13.2 Å². The minimum absolute atomic E-state index is 0.0234. The van der Waals surface area contributed by atoms with Gasteiger partial charge in [-0.2, -0.15) is 12.6 Å². The Labute approximate surface area is 165 Å². The standard InChI is InChI=1S/C20H27N3O3S/c1-3-13-22(14-4-2)19-15(7-10-18(19)27)11-12-21-20(24)16-5-8-17(9-6-16)23(25)26/h3-6,8-9,15,18-19,27H,1-2,7,10-14H2,(H,21,24). The van der Waals surface area contributed by atoms with Gasteiger partial charge in [0.25, 0.3) is 11.6 Å². The number of nitro groups is 1. The van der Waals surface area contributed by atoms with Crippen LogP contribution in [-0.4, -0.2) is 46.7 Å². The fourth-order valence-corrected chi connectivity index (χ4v) is 4.34. The molecule has 3 unspecified atom stereocenters. The minimum atomic E-state index is -0.478. The summed E-state index contributed by atoms with van der Waals surface area (Å²) in [6.07, 6.45) is 6.80. The number of nitrogens with one attached hydrogen (secondary N) is 1. The Hall–Kier alpha value is -2.12. The number of rotatable bonds is 10. The zero-order valence-corrected chi connectivity index (χ0v) is 16.3. The number of benzene rings is 1. The maximum atomic E-state index is 12.3. The van der Waals surface area contributed by atoms with E-state index in [-0.39, 0.29) is 11.6 Å². The lowest BCUT2D eigenvalue weighted by Gasteiger charge is -2.34. The van der Waals surface area contributed by atoms with E-state index in [0.29, 0.717) is 29.3 Å². The molecule has 1 aliphatic rings. The van der Waals surface area contributed by atoms with E-state index in [1.807, 2.05) is 12.2 Å². The third kappa shape index (κ3) is 5.68. The van der Waals surface area contributed by atoms with Crippen LogP contribution in [0.1, 0.15) is 29.6 Å². The molecule has 2 rings (SSSR count). The van der Waals surface area contributed by atoms with E-state index in [9.17, 15) is 14.9 Å². The summed E-state index contributed by atoms with van der Waals surface area (Å²) in [4.78, 5) is 24.8. The van der Waals surface area contributed by atoms with Crippen molar-refractivity contribution in [1.29, 1.82) is 0 Å². The van der Waals surface area contributed by atoms with E-state index in [1.165, 1.54) is 24.3 Å². The molecule has 1 N–H and O–H groups in total. The fourth-order valence-electron chi connectivity index (χ4n) is 3.75. The van der Waals surface area contributed by atoms with Crippen molar-refractivity contribution >= 4 is 24.2 Å². The second-order valence-corrected chi connectivity index (χ2v) is 7.44. The normalized spacial score (nSPS) is 21.8.